The van der Waals surface area contributed by atoms with Gasteiger partial charge in [0, 0.05) is 25.0 Å². The van der Waals surface area contributed by atoms with Gasteiger partial charge in [0.25, 0.3) is 0 Å². The highest BCUT2D eigenvalue weighted by Gasteiger charge is 2.07. The van der Waals surface area contributed by atoms with E-state index in [1.54, 1.807) is 6.20 Å². The van der Waals surface area contributed by atoms with Gasteiger partial charge in [0.2, 0.25) is 0 Å². The minimum absolute atomic E-state index is 0.150. The van der Waals surface area contributed by atoms with Gasteiger partial charge in [-0.1, -0.05) is 6.07 Å². The second kappa shape index (κ2) is 6.13. The average molecular weight is 257 g/mol. The van der Waals surface area contributed by atoms with Crippen molar-refractivity contribution in [2.45, 2.75) is 26.8 Å². The van der Waals surface area contributed by atoms with E-state index < -0.39 is 0 Å². The summed E-state index contributed by atoms with van der Waals surface area (Å²) in [4.78, 5) is 12.9. The van der Waals surface area contributed by atoms with E-state index in [-0.39, 0.29) is 6.04 Å². The largest absolute Gasteiger partial charge is 0.370 e. The van der Waals surface area contributed by atoms with E-state index in [9.17, 15) is 0 Å². The fourth-order valence-electron chi connectivity index (χ4n) is 1.85. The van der Waals surface area contributed by atoms with Crippen LogP contribution in [-0.2, 0) is 0 Å². The Bertz CT molecular complexity index is 527. The first-order valence-corrected chi connectivity index (χ1v) is 6.45. The van der Waals surface area contributed by atoms with Crippen molar-refractivity contribution in [1.29, 1.82) is 0 Å². The smallest absolute Gasteiger partial charge is 0.132 e. The Morgan fingerprint density at radius 2 is 2.05 bits per heavy atom. The standard InChI is InChI=1S/C14H19N5/c1-4-16-13-8-14(19-11(3)18-13)17-10(2)12-6-5-7-15-9-12/h5-10H,4H2,1-3H3,(H2,16,17,18,19). The van der Waals surface area contributed by atoms with Crippen LogP contribution in [-0.4, -0.2) is 21.5 Å². The fraction of sp³-hybridized carbons (Fsp3) is 0.357. The summed E-state index contributed by atoms with van der Waals surface area (Å²) in [6.45, 7) is 6.86. The van der Waals surface area contributed by atoms with Crippen molar-refractivity contribution in [1.82, 2.24) is 15.0 Å². The van der Waals surface area contributed by atoms with Crippen molar-refractivity contribution in [2.75, 3.05) is 17.2 Å². The first-order valence-electron chi connectivity index (χ1n) is 6.45. The average Bonchev–Trinajstić information content (AvgIpc) is 2.39. The third-order valence-corrected chi connectivity index (χ3v) is 2.74. The van der Waals surface area contributed by atoms with E-state index in [4.69, 9.17) is 0 Å². The molecular weight excluding hydrogens is 238 g/mol. The molecule has 2 heterocycles. The molecular formula is C14H19N5. The summed E-state index contributed by atoms with van der Waals surface area (Å²) in [5.41, 5.74) is 1.13. The van der Waals surface area contributed by atoms with Crippen LogP contribution in [0.3, 0.4) is 0 Å². The van der Waals surface area contributed by atoms with Gasteiger partial charge < -0.3 is 10.6 Å². The van der Waals surface area contributed by atoms with Gasteiger partial charge in [0.15, 0.2) is 0 Å². The first kappa shape index (κ1) is 13.3. The number of aryl methyl sites for hydroxylation is 1. The number of aromatic nitrogens is 3. The van der Waals surface area contributed by atoms with Crippen LogP contribution in [0.1, 0.15) is 31.3 Å². The Kier molecular flexibility index (Phi) is 4.28. The van der Waals surface area contributed by atoms with E-state index in [2.05, 4.69) is 32.5 Å². The summed E-state index contributed by atoms with van der Waals surface area (Å²) in [5.74, 6) is 2.41. The van der Waals surface area contributed by atoms with E-state index in [0.717, 1.165) is 29.6 Å². The molecule has 2 aromatic heterocycles. The topological polar surface area (TPSA) is 62.7 Å². The maximum absolute atomic E-state index is 4.40. The van der Waals surface area contributed by atoms with Crippen molar-refractivity contribution < 1.29 is 0 Å². The minimum Gasteiger partial charge on any atom is -0.370 e. The molecule has 0 aromatic carbocycles. The second-order valence-electron chi connectivity index (χ2n) is 4.37. The number of rotatable bonds is 5. The number of hydrogen-bond acceptors (Lipinski definition) is 5. The Hall–Kier alpha value is -2.17. The van der Waals surface area contributed by atoms with Gasteiger partial charge in [-0.15, -0.1) is 0 Å². The zero-order chi connectivity index (χ0) is 13.7. The molecule has 19 heavy (non-hydrogen) atoms. The lowest BCUT2D eigenvalue weighted by atomic mass is 10.1. The normalized spacial score (nSPS) is 11.9. The third-order valence-electron chi connectivity index (χ3n) is 2.74. The molecule has 5 heteroatoms. The van der Waals surface area contributed by atoms with Gasteiger partial charge in [-0.25, -0.2) is 9.97 Å². The molecule has 0 spiro atoms. The molecule has 1 atom stereocenters. The van der Waals surface area contributed by atoms with Crippen LogP contribution >= 0.6 is 0 Å². The minimum atomic E-state index is 0.150. The summed E-state index contributed by atoms with van der Waals surface area (Å²) >= 11 is 0. The van der Waals surface area contributed by atoms with Crippen molar-refractivity contribution in [2.24, 2.45) is 0 Å². The molecule has 0 aliphatic heterocycles. The van der Waals surface area contributed by atoms with E-state index in [0.29, 0.717) is 0 Å². The lowest BCUT2D eigenvalue weighted by Gasteiger charge is -2.15. The van der Waals surface area contributed by atoms with Crippen LogP contribution in [0.25, 0.3) is 0 Å². The Morgan fingerprint density at radius 1 is 1.26 bits per heavy atom. The van der Waals surface area contributed by atoms with Crippen LogP contribution in [0.5, 0.6) is 0 Å². The molecule has 2 rings (SSSR count). The molecule has 0 fully saturated rings. The summed E-state index contributed by atoms with van der Waals surface area (Å²) < 4.78 is 0. The molecule has 0 aliphatic carbocycles. The van der Waals surface area contributed by atoms with E-state index >= 15 is 0 Å². The van der Waals surface area contributed by atoms with Gasteiger partial charge in [0.05, 0.1) is 6.04 Å². The molecule has 100 valence electrons. The summed E-state index contributed by atoms with van der Waals surface area (Å²) in [6, 6.07) is 6.05. The molecule has 0 saturated carbocycles. The van der Waals surface area contributed by atoms with Crippen molar-refractivity contribution >= 4 is 11.6 Å². The predicted molar refractivity (Wildman–Crippen MR) is 77.2 cm³/mol. The first-order chi connectivity index (χ1) is 9.19. The van der Waals surface area contributed by atoms with Crippen LogP contribution in [0.2, 0.25) is 0 Å². The number of anilines is 2. The summed E-state index contributed by atoms with van der Waals surface area (Å²) in [6.07, 6.45) is 3.63. The zero-order valence-electron chi connectivity index (χ0n) is 11.5. The maximum Gasteiger partial charge on any atom is 0.132 e. The van der Waals surface area contributed by atoms with Gasteiger partial charge in [-0.2, -0.15) is 0 Å². The van der Waals surface area contributed by atoms with Crippen LogP contribution in [0.4, 0.5) is 11.6 Å². The molecule has 2 aromatic rings. The summed E-state index contributed by atoms with van der Waals surface area (Å²) in [5, 5.41) is 6.56. The predicted octanol–water partition coefficient (Wildman–Crippen LogP) is 2.78. The monoisotopic (exact) mass is 257 g/mol. The number of hydrogen-bond donors (Lipinski definition) is 2. The van der Waals surface area contributed by atoms with Crippen LogP contribution in [0.15, 0.2) is 30.6 Å². The second-order valence-corrected chi connectivity index (χ2v) is 4.37. The molecule has 0 radical (unpaired) electrons. The molecule has 2 N–H and O–H groups in total. The van der Waals surface area contributed by atoms with Crippen molar-refractivity contribution in [3.05, 3.63) is 42.0 Å². The van der Waals surface area contributed by atoms with Crippen LogP contribution < -0.4 is 10.6 Å². The molecule has 0 aliphatic rings. The quantitative estimate of drug-likeness (QED) is 0.862. The van der Waals surface area contributed by atoms with Crippen molar-refractivity contribution in [3.63, 3.8) is 0 Å². The van der Waals surface area contributed by atoms with Gasteiger partial charge >= 0.3 is 0 Å². The SMILES string of the molecule is CCNc1cc(NC(C)c2cccnc2)nc(C)n1. The molecule has 0 amide bonds. The third kappa shape index (κ3) is 3.64. The maximum atomic E-state index is 4.40. The zero-order valence-corrected chi connectivity index (χ0v) is 11.5. The van der Waals surface area contributed by atoms with Gasteiger partial charge in [-0.3, -0.25) is 4.98 Å². The van der Waals surface area contributed by atoms with E-state index in [1.807, 2.05) is 38.2 Å². The highest BCUT2D eigenvalue weighted by Crippen LogP contribution is 2.18. The molecule has 1 unspecified atom stereocenters. The number of nitrogens with one attached hydrogen (secondary N) is 2. The lowest BCUT2D eigenvalue weighted by molar-refractivity contribution is 0.859. The summed E-state index contributed by atoms with van der Waals surface area (Å²) in [7, 11) is 0. The van der Waals surface area contributed by atoms with Crippen LogP contribution in [0, 0.1) is 6.92 Å². The highest BCUT2D eigenvalue weighted by atomic mass is 15.1. The van der Waals surface area contributed by atoms with Crippen molar-refractivity contribution in [3.8, 4) is 0 Å². The number of pyridine rings is 1. The van der Waals surface area contributed by atoms with Gasteiger partial charge in [-0.05, 0) is 32.4 Å². The number of nitrogens with zero attached hydrogens (tertiary/aromatic N) is 3. The molecule has 5 nitrogen and oxygen atoms in total. The molecule has 0 saturated heterocycles. The van der Waals surface area contributed by atoms with E-state index in [1.165, 1.54) is 0 Å². The highest BCUT2D eigenvalue weighted by molar-refractivity contribution is 5.48. The molecule has 0 bridgehead atoms. The Morgan fingerprint density at radius 3 is 2.74 bits per heavy atom. The van der Waals surface area contributed by atoms with Gasteiger partial charge in [0.1, 0.15) is 17.5 Å². The fourth-order valence-corrected chi connectivity index (χ4v) is 1.85. The Balaban J connectivity index is 2.14. The lowest BCUT2D eigenvalue weighted by Crippen LogP contribution is -2.10. The Labute approximate surface area is 113 Å².